The molecule has 9 nitrogen and oxygen atoms in total. The van der Waals surface area contributed by atoms with Gasteiger partial charge in [0.1, 0.15) is 11.5 Å². The summed E-state index contributed by atoms with van der Waals surface area (Å²) in [4.78, 5) is 49.9. The van der Waals surface area contributed by atoms with E-state index < -0.39 is 17.9 Å². The molecule has 0 bridgehead atoms. The smallest absolute Gasteiger partial charge is 0.337 e. The summed E-state index contributed by atoms with van der Waals surface area (Å²) in [7, 11) is 4.72. The summed E-state index contributed by atoms with van der Waals surface area (Å²) < 4.78 is 19.5. The first kappa shape index (κ1) is 23.5. The van der Waals surface area contributed by atoms with Crippen molar-refractivity contribution in [1.82, 2.24) is 9.13 Å². The zero-order valence-electron chi connectivity index (χ0n) is 20.8. The van der Waals surface area contributed by atoms with Crippen LogP contribution in [-0.2, 0) is 23.6 Å². The van der Waals surface area contributed by atoms with Gasteiger partial charge in [-0.3, -0.25) is 18.7 Å². The Morgan fingerprint density at radius 3 is 2.42 bits per heavy atom. The summed E-state index contributed by atoms with van der Waals surface area (Å²) >= 11 is 0. The fourth-order valence-electron chi connectivity index (χ4n) is 5.12. The zero-order chi connectivity index (χ0) is 26.7. The molecular weight excluding hydrogens is 488 g/mol. The number of imidazole rings is 1. The van der Waals surface area contributed by atoms with E-state index in [4.69, 9.17) is 14.2 Å². The van der Waals surface area contributed by atoms with Gasteiger partial charge in [0.15, 0.2) is 5.76 Å². The van der Waals surface area contributed by atoms with Gasteiger partial charge in [-0.2, -0.15) is 0 Å². The predicted octanol–water partition coefficient (Wildman–Crippen LogP) is 3.72. The van der Waals surface area contributed by atoms with Crippen molar-refractivity contribution in [2.24, 2.45) is 14.1 Å². The second kappa shape index (κ2) is 8.58. The number of methoxy groups -OCH3 is 1. The molecular formula is C29H22N2O7. The van der Waals surface area contributed by atoms with Crippen LogP contribution in [0.15, 0.2) is 65.2 Å². The fraction of sp³-hybridized carbons (Fsp3) is 0.172. The minimum Gasteiger partial charge on any atom is -0.465 e. The van der Waals surface area contributed by atoms with Gasteiger partial charge in [-0.25, -0.2) is 9.59 Å². The number of nitrogens with zero attached hydrogens (tertiary/aromatic N) is 2. The lowest BCUT2D eigenvalue weighted by Gasteiger charge is -2.26. The van der Waals surface area contributed by atoms with E-state index in [1.54, 1.807) is 65.7 Å². The maximum atomic E-state index is 13.3. The number of carbonyl (C=O) groups is 3. The zero-order valence-corrected chi connectivity index (χ0v) is 20.8. The molecule has 2 aliphatic rings. The fourth-order valence-corrected chi connectivity index (χ4v) is 5.12. The monoisotopic (exact) mass is 510 g/mol. The number of ketones is 1. The van der Waals surface area contributed by atoms with Gasteiger partial charge in [0.2, 0.25) is 5.78 Å². The number of rotatable bonds is 3. The maximum Gasteiger partial charge on any atom is 0.337 e. The second-order valence-corrected chi connectivity index (χ2v) is 9.29. The molecule has 3 heterocycles. The molecule has 38 heavy (non-hydrogen) atoms. The minimum atomic E-state index is -0.453. The van der Waals surface area contributed by atoms with Crippen molar-refractivity contribution >= 4 is 34.8 Å². The highest BCUT2D eigenvalue weighted by atomic mass is 16.5. The number of benzene rings is 3. The van der Waals surface area contributed by atoms with Crippen molar-refractivity contribution in [3.05, 3.63) is 98.7 Å². The Hall–Kier alpha value is -4.92. The van der Waals surface area contributed by atoms with Crippen LogP contribution in [0.4, 0.5) is 0 Å². The van der Waals surface area contributed by atoms with Crippen molar-refractivity contribution in [1.29, 1.82) is 0 Å². The van der Waals surface area contributed by atoms with E-state index in [0.717, 1.165) is 16.6 Å². The third kappa shape index (κ3) is 3.54. The first-order valence-corrected chi connectivity index (χ1v) is 11.9. The molecule has 0 unspecified atom stereocenters. The number of hydrogen-bond donors (Lipinski definition) is 0. The summed E-state index contributed by atoms with van der Waals surface area (Å²) in [5, 5.41) is 0. The quantitative estimate of drug-likeness (QED) is 0.235. The van der Waals surface area contributed by atoms with Crippen LogP contribution in [0.5, 0.6) is 11.5 Å². The second-order valence-electron chi connectivity index (χ2n) is 9.29. The van der Waals surface area contributed by atoms with Crippen LogP contribution in [0, 0.1) is 0 Å². The molecule has 6 rings (SSSR count). The predicted molar refractivity (Wildman–Crippen MR) is 137 cm³/mol. The molecule has 2 aliphatic heterocycles. The number of aryl methyl sites for hydroxylation is 2. The van der Waals surface area contributed by atoms with Gasteiger partial charge >= 0.3 is 17.6 Å². The van der Waals surface area contributed by atoms with E-state index >= 15 is 0 Å². The van der Waals surface area contributed by atoms with E-state index in [0.29, 0.717) is 33.8 Å². The van der Waals surface area contributed by atoms with Gasteiger partial charge in [0.25, 0.3) is 0 Å². The van der Waals surface area contributed by atoms with Gasteiger partial charge in [0, 0.05) is 25.6 Å². The number of hydrogen-bond acceptors (Lipinski definition) is 7. The van der Waals surface area contributed by atoms with Gasteiger partial charge in [-0.05, 0) is 53.6 Å². The molecule has 9 heteroatoms. The van der Waals surface area contributed by atoms with E-state index in [9.17, 15) is 19.2 Å². The molecule has 0 spiro atoms. The summed E-state index contributed by atoms with van der Waals surface area (Å²) in [5.74, 6) is -0.770. The van der Waals surface area contributed by atoms with Crippen LogP contribution in [0.2, 0.25) is 0 Å². The largest absolute Gasteiger partial charge is 0.465 e. The number of esters is 2. The Balaban J connectivity index is 1.42. The highest BCUT2D eigenvalue weighted by Gasteiger charge is 2.38. The summed E-state index contributed by atoms with van der Waals surface area (Å²) in [6.45, 7) is 0. The van der Waals surface area contributed by atoms with Crippen molar-refractivity contribution in [2.75, 3.05) is 7.11 Å². The lowest BCUT2D eigenvalue weighted by Crippen LogP contribution is -2.21. The highest BCUT2D eigenvalue weighted by Crippen LogP contribution is 2.49. The lowest BCUT2D eigenvalue weighted by molar-refractivity contribution is -0.135. The molecule has 0 N–H and O–H groups in total. The van der Waals surface area contributed by atoms with E-state index in [1.807, 2.05) is 18.2 Å². The molecule has 190 valence electrons. The molecule has 0 fully saturated rings. The Kier molecular flexibility index (Phi) is 5.30. The van der Waals surface area contributed by atoms with E-state index in [-0.39, 0.29) is 23.7 Å². The van der Waals surface area contributed by atoms with Crippen LogP contribution in [-0.4, -0.2) is 34.0 Å². The number of fused-ring (bicyclic) bond motifs is 4. The average molecular weight is 511 g/mol. The summed E-state index contributed by atoms with van der Waals surface area (Å²) in [5.41, 5.74) is 4.20. The average Bonchev–Trinajstić information content (AvgIpc) is 3.35. The summed E-state index contributed by atoms with van der Waals surface area (Å²) in [6, 6.07) is 15.4. The first-order chi connectivity index (χ1) is 18.3. The van der Waals surface area contributed by atoms with Crippen LogP contribution in [0.3, 0.4) is 0 Å². The number of ether oxygens (including phenoxy) is 3. The topological polar surface area (TPSA) is 106 Å². The number of allylic oxidation sites excluding steroid dienone is 1. The molecule has 0 radical (unpaired) electrons. The maximum absolute atomic E-state index is 13.3. The Bertz CT molecular complexity index is 1770. The molecule has 0 saturated carbocycles. The van der Waals surface area contributed by atoms with Crippen LogP contribution in [0.25, 0.3) is 17.1 Å². The van der Waals surface area contributed by atoms with Crippen molar-refractivity contribution in [3.63, 3.8) is 0 Å². The molecule has 1 aromatic heterocycles. The molecule has 1 atom stereocenters. The normalized spacial score (nSPS) is 17.2. The highest BCUT2D eigenvalue weighted by molar-refractivity contribution is 6.15. The molecule has 3 aromatic carbocycles. The van der Waals surface area contributed by atoms with Crippen LogP contribution in [0.1, 0.15) is 49.7 Å². The molecule has 0 saturated heterocycles. The van der Waals surface area contributed by atoms with Crippen molar-refractivity contribution in [2.45, 2.75) is 12.3 Å². The van der Waals surface area contributed by atoms with Crippen LogP contribution >= 0.6 is 0 Å². The van der Waals surface area contributed by atoms with Gasteiger partial charge < -0.3 is 14.2 Å². The van der Waals surface area contributed by atoms with Gasteiger partial charge in [0.05, 0.1) is 35.7 Å². The van der Waals surface area contributed by atoms with Gasteiger partial charge in [-0.15, -0.1) is 0 Å². The third-order valence-electron chi connectivity index (χ3n) is 7.11. The number of Topliss-reactive ketones (excluding diaryl/α,β-unsaturated/α-hetero) is 1. The molecule has 0 aliphatic carbocycles. The van der Waals surface area contributed by atoms with Gasteiger partial charge in [-0.1, -0.05) is 18.2 Å². The standard InChI is InChI=1S/C29H22N2O7/c1-30-20-10-8-17(13-21(20)31(2)29(30)35)19-14-24(32)37-22-11-9-18-26(33)23(38-27(18)25(19)22)12-15-4-6-16(7-5-15)28(34)36-3/h4-13,19H,14H2,1-3H3/b23-12-/t19-/m0/s1. The first-order valence-electron chi connectivity index (χ1n) is 11.9. The third-order valence-corrected chi connectivity index (χ3v) is 7.11. The van der Waals surface area contributed by atoms with Crippen LogP contribution < -0.4 is 15.2 Å². The number of aromatic nitrogens is 2. The van der Waals surface area contributed by atoms with Crippen molar-refractivity contribution < 1.29 is 28.6 Å². The number of carbonyl (C=O) groups excluding carboxylic acids is 3. The lowest BCUT2D eigenvalue weighted by atomic mass is 9.84. The van der Waals surface area contributed by atoms with E-state index in [2.05, 4.69) is 0 Å². The Labute approximate surface area is 216 Å². The van der Waals surface area contributed by atoms with E-state index in [1.165, 1.54) is 7.11 Å². The Morgan fingerprint density at radius 2 is 1.68 bits per heavy atom. The molecule has 0 amide bonds. The Morgan fingerprint density at radius 1 is 0.947 bits per heavy atom. The summed E-state index contributed by atoms with van der Waals surface area (Å²) in [6.07, 6.45) is 1.66. The SMILES string of the molecule is COC(=O)c1ccc(/C=C2\Oc3c(ccc4c3[C@H](c3ccc5c(c3)n(C)c(=O)n5C)CC(=O)O4)C2=O)cc1. The van der Waals surface area contributed by atoms with Crippen molar-refractivity contribution in [3.8, 4) is 11.5 Å². The minimum absolute atomic E-state index is 0.0569. The molecule has 4 aromatic rings.